The van der Waals surface area contributed by atoms with Crippen LogP contribution in [-0.4, -0.2) is 67.7 Å². The van der Waals surface area contributed by atoms with Crippen molar-refractivity contribution in [3.8, 4) is 0 Å². The van der Waals surface area contributed by atoms with Gasteiger partial charge in [0.2, 0.25) is 15.9 Å². The minimum atomic E-state index is -3.50. The van der Waals surface area contributed by atoms with Gasteiger partial charge in [-0.05, 0) is 24.6 Å². The lowest BCUT2D eigenvalue weighted by Crippen LogP contribution is -2.51. The highest BCUT2D eigenvalue weighted by molar-refractivity contribution is 7.89. The van der Waals surface area contributed by atoms with E-state index in [0.29, 0.717) is 44.2 Å². The number of piperazine rings is 1. The molecule has 6 nitrogen and oxygen atoms in total. The smallest absolute Gasteiger partial charge is 0.243 e. The third kappa shape index (κ3) is 5.56. The van der Waals surface area contributed by atoms with Crippen LogP contribution in [0.25, 0.3) is 0 Å². The van der Waals surface area contributed by atoms with E-state index in [-0.39, 0.29) is 12.5 Å². The third-order valence-corrected chi connectivity index (χ3v) is 7.18. The van der Waals surface area contributed by atoms with Crippen LogP contribution in [-0.2, 0) is 21.4 Å². The molecule has 7 heteroatoms. The standard InChI is InChI=1S/C23H29N3O3S/c1-3-13-25(18-21-7-5-4-6-8-21)23(27)19-24-14-16-26(17-15-24)30(28,29)22-11-9-20(2)10-12-22/h3-12H,1,13-19H2,2H3. The van der Waals surface area contributed by atoms with E-state index >= 15 is 0 Å². The summed E-state index contributed by atoms with van der Waals surface area (Å²) in [5.74, 6) is 0.0218. The van der Waals surface area contributed by atoms with E-state index in [1.165, 1.54) is 4.31 Å². The Morgan fingerprint density at radius 3 is 2.27 bits per heavy atom. The van der Waals surface area contributed by atoms with Gasteiger partial charge in [0, 0.05) is 39.3 Å². The van der Waals surface area contributed by atoms with Gasteiger partial charge in [-0.15, -0.1) is 6.58 Å². The summed E-state index contributed by atoms with van der Waals surface area (Å²) in [7, 11) is -3.50. The lowest BCUT2D eigenvalue weighted by molar-refractivity contribution is -0.132. The van der Waals surface area contributed by atoms with Gasteiger partial charge in [-0.25, -0.2) is 8.42 Å². The second-order valence-electron chi connectivity index (χ2n) is 7.54. The molecule has 2 aromatic rings. The Morgan fingerprint density at radius 2 is 1.67 bits per heavy atom. The summed E-state index contributed by atoms with van der Waals surface area (Å²) >= 11 is 0. The fraction of sp³-hybridized carbons (Fsp3) is 0.348. The molecule has 1 aliphatic heterocycles. The Kier molecular flexibility index (Phi) is 7.42. The fourth-order valence-corrected chi connectivity index (χ4v) is 4.91. The quantitative estimate of drug-likeness (QED) is 0.608. The average molecular weight is 428 g/mol. The molecule has 0 atom stereocenters. The zero-order chi connectivity index (χ0) is 21.6. The first-order valence-electron chi connectivity index (χ1n) is 10.1. The predicted molar refractivity (Wildman–Crippen MR) is 118 cm³/mol. The number of rotatable bonds is 8. The van der Waals surface area contributed by atoms with Crippen LogP contribution in [0.3, 0.4) is 0 Å². The van der Waals surface area contributed by atoms with E-state index in [1.54, 1.807) is 23.1 Å². The highest BCUT2D eigenvalue weighted by Crippen LogP contribution is 2.18. The molecule has 1 saturated heterocycles. The van der Waals surface area contributed by atoms with Crippen molar-refractivity contribution >= 4 is 15.9 Å². The van der Waals surface area contributed by atoms with Crippen molar-refractivity contribution in [1.82, 2.24) is 14.1 Å². The summed E-state index contributed by atoms with van der Waals surface area (Å²) in [4.78, 5) is 17.0. The van der Waals surface area contributed by atoms with Gasteiger partial charge in [-0.2, -0.15) is 4.31 Å². The van der Waals surface area contributed by atoms with Crippen LogP contribution in [0.2, 0.25) is 0 Å². The molecule has 0 saturated carbocycles. The molecule has 1 aliphatic rings. The number of hydrogen-bond acceptors (Lipinski definition) is 4. The molecule has 160 valence electrons. The predicted octanol–water partition coefficient (Wildman–Crippen LogP) is 2.52. The SMILES string of the molecule is C=CCN(Cc1ccccc1)C(=O)CN1CCN(S(=O)(=O)c2ccc(C)cc2)CC1. The van der Waals surface area contributed by atoms with Gasteiger partial charge in [0.15, 0.2) is 0 Å². The Labute approximate surface area is 179 Å². The number of benzene rings is 2. The summed E-state index contributed by atoms with van der Waals surface area (Å²) < 4.78 is 27.2. The molecular weight excluding hydrogens is 398 g/mol. The number of sulfonamides is 1. The monoisotopic (exact) mass is 427 g/mol. The maximum Gasteiger partial charge on any atom is 0.243 e. The zero-order valence-electron chi connectivity index (χ0n) is 17.4. The lowest BCUT2D eigenvalue weighted by Gasteiger charge is -2.34. The molecule has 0 aromatic heterocycles. The highest BCUT2D eigenvalue weighted by atomic mass is 32.2. The molecule has 0 radical (unpaired) electrons. The van der Waals surface area contributed by atoms with E-state index in [0.717, 1.165) is 11.1 Å². The van der Waals surface area contributed by atoms with Gasteiger partial charge in [0.05, 0.1) is 11.4 Å². The van der Waals surface area contributed by atoms with Crippen LogP contribution in [0.1, 0.15) is 11.1 Å². The summed E-state index contributed by atoms with van der Waals surface area (Å²) in [6, 6.07) is 16.8. The Bertz CT molecular complexity index is 951. The summed E-state index contributed by atoms with van der Waals surface area (Å²) in [6.07, 6.45) is 1.73. The van der Waals surface area contributed by atoms with Crippen molar-refractivity contribution in [2.24, 2.45) is 0 Å². The Balaban J connectivity index is 1.57. The van der Waals surface area contributed by atoms with Crippen LogP contribution in [0, 0.1) is 6.92 Å². The lowest BCUT2D eigenvalue weighted by atomic mass is 10.2. The number of hydrogen-bond donors (Lipinski definition) is 0. The van der Waals surface area contributed by atoms with Crippen LogP contribution in [0.15, 0.2) is 72.1 Å². The molecule has 2 aromatic carbocycles. The number of amides is 1. The molecule has 1 amide bonds. The number of nitrogens with zero attached hydrogens (tertiary/aromatic N) is 3. The van der Waals surface area contributed by atoms with Crippen molar-refractivity contribution in [2.75, 3.05) is 39.3 Å². The molecule has 3 rings (SSSR count). The van der Waals surface area contributed by atoms with Gasteiger partial charge in [-0.3, -0.25) is 9.69 Å². The Morgan fingerprint density at radius 1 is 1.03 bits per heavy atom. The van der Waals surface area contributed by atoms with Crippen LogP contribution in [0.5, 0.6) is 0 Å². The van der Waals surface area contributed by atoms with Gasteiger partial charge >= 0.3 is 0 Å². The molecule has 0 bridgehead atoms. The van der Waals surface area contributed by atoms with Crippen LogP contribution in [0.4, 0.5) is 0 Å². The van der Waals surface area contributed by atoms with Gasteiger partial charge in [-0.1, -0.05) is 54.1 Å². The minimum Gasteiger partial charge on any atom is -0.334 e. The fourth-order valence-electron chi connectivity index (χ4n) is 3.49. The first-order chi connectivity index (χ1) is 14.4. The number of aryl methyl sites for hydroxylation is 1. The van der Waals surface area contributed by atoms with Gasteiger partial charge in [0.1, 0.15) is 0 Å². The average Bonchev–Trinajstić information content (AvgIpc) is 2.75. The second kappa shape index (κ2) is 10.0. The summed E-state index contributed by atoms with van der Waals surface area (Å²) in [6.45, 7) is 8.81. The minimum absolute atomic E-state index is 0.0218. The van der Waals surface area contributed by atoms with E-state index in [2.05, 4.69) is 6.58 Å². The van der Waals surface area contributed by atoms with Crippen molar-refractivity contribution in [3.05, 3.63) is 78.4 Å². The number of carbonyl (C=O) groups excluding carboxylic acids is 1. The molecule has 0 aliphatic carbocycles. The first-order valence-corrected chi connectivity index (χ1v) is 11.6. The first kappa shape index (κ1) is 22.2. The Hall–Kier alpha value is -2.48. The van der Waals surface area contributed by atoms with Gasteiger partial charge in [0.25, 0.3) is 0 Å². The van der Waals surface area contributed by atoms with E-state index in [4.69, 9.17) is 0 Å². The maximum absolute atomic E-state index is 12.8. The molecule has 0 spiro atoms. The van der Waals surface area contributed by atoms with E-state index in [9.17, 15) is 13.2 Å². The van der Waals surface area contributed by atoms with E-state index in [1.807, 2.05) is 54.3 Å². The second-order valence-corrected chi connectivity index (χ2v) is 9.48. The van der Waals surface area contributed by atoms with E-state index < -0.39 is 10.0 Å². The highest BCUT2D eigenvalue weighted by Gasteiger charge is 2.29. The number of carbonyl (C=O) groups is 1. The zero-order valence-corrected chi connectivity index (χ0v) is 18.2. The van der Waals surface area contributed by atoms with Crippen LogP contribution < -0.4 is 0 Å². The third-order valence-electron chi connectivity index (χ3n) is 5.27. The van der Waals surface area contributed by atoms with Crippen molar-refractivity contribution < 1.29 is 13.2 Å². The van der Waals surface area contributed by atoms with Gasteiger partial charge < -0.3 is 4.90 Å². The largest absolute Gasteiger partial charge is 0.334 e. The molecular formula is C23H29N3O3S. The van der Waals surface area contributed by atoms with Crippen molar-refractivity contribution in [2.45, 2.75) is 18.4 Å². The summed E-state index contributed by atoms with van der Waals surface area (Å²) in [5.41, 5.74) is 2.10. The van der Waals surface area contributed by atoms with Crippen molar-refractivity contribution in [3.63, 3.8) is 0 Å². The maximum atomic E-state index is 12.8. The molecule has 0 unspecified atom stereocenters. The molecule has 30 heavy (non-hydrogen) atoms. The topological polar surface area (TPSA) is 60.9 Å². The van der Waals surface area contributed by atoms with Crippen LogP contribution >= 0.6 is 0 Å². The summed E-state index contributed by atoms with van der Waals surface area (Å²) in [5, 5.41) is 0. The normalized spacial score (nSPS) is 15.6. The molecule has 1 heterocycles. The van der Waals surface area contributed by atoms with Crippen molar-refractivity contribution in [1.29, 1.82) is 0 Å². The molecule has 1 fully saturated rings. The molecule has 0 N–H and O–H groups in total.